The van der Waals surface area contributed by atoms with Crippen molar-refractivity contribution >= 4 is 11.1 Å². The van der Waals surface area contributed by atoms with Gasteiger partial charge in [-0.25, -0.2) is 0 Å². The van der Waals surface area contributed by atoms with E-state index in [-0.39, 0.29) is 0 Å². The molecule has 1 heterocycles. The van der Waals surface area contributed by atoms with Gasteiger partial charge in [0.2, 0.25) is 5.82 Å². The molecule has 0 bridgehead atoms. The van der Waals surface area contributed by atoms with Crippen LogP contribution in [0.15, 0.2) is 42.0 Å². The van der Waals surface area contributed by atoms with E-state index >= 15 is 0 Å². The third-order valence-electron chi connectivity index (χ3n) is 4.86. The zero-order valence-electron chi connectivity index (χ0n) is 18.3. The summed E-state index contributed by atoms with van der Waals surface area (Å²) in [6.07, 6.45) is 7.38. The molecule has 0 spiro atoms. The number of benzene rings is 1. The van der Waals surface area contributed by atoms with Crippen LogP contribution >= 0.6 is 0 Å². The maximum absolute atomic E-state index is 4.60. The molecule has 1 aromatic heterocycles. The van der Waals surface area contributed by atoms with Crippen LogP contribution in [0.3, 0.4) is 0 Å². The van der Waals surface area contributed by atoms with Crippen LogP contribution in [0.2, 0.25) is 0 Å². The molecule has 0 aliphatic rings. The van der Waals surface area contributed by atoms with Gasteiger partial charge in [0.05, 0.1) is 6.54 Å². The number of tetrazole rings is 1. The average Bonchev–Trinajstić information content (AvgIpc) is 3.12. The first-order valence-corrected chi connectivity index (χ1v) is 9.90. The van der Waals surface area contributed by atoms with Gasteiger partial charge in [0.25, 0.3) is 0 Å². The van der Waals surface area contributed by atoms with E-state index in [0.29, 0.717) is 5.82 Å². The van der Waals surface area contributed by atoms with E-state index in [1.807, 2.05) is 14.1 Å². The molecular weight excluding hydrogens is 346 g/mol. The first-order valence-electron chi connectivity index (χ1n) is 9.90. The zero-order valence-corrected chi connectivity index (χ0v) is 18.3. The molecule has 0 saturated carbocycles. The Hall–Kier alpha value is -2.53. The van der Waals surface area contributed by atoms with E-state index in [2.05, 4.69) is 91.4 Å². The summed E-state index contributed by atoms with van der Waals surface area (Å²) in [5.41, 5.74) is 7.30. The molecular formula is C23H33N5. The number of likely N-dealkylation sites (N-methyl/N-ethyl adjacent to an activating group) is 1. The molecule has 0 radical (unpaired) electrons. The van der Waals surface area contributed by atoms with E-state index in [0.717, 1.165) is 25.1 Å². The Labute approximate surface area is 169 Å². The third-order valence-corrected chi connectivity index (χ3v) is 4.86. The molecule has 28 heavy (non-hydrogen) atoms. The van der Waals surface area contributed by atoms with Crippen LogP contribution in [0.4, 0.5) is 0 Å². The number of aromatic nitrogens is 4. The Morgan fingerprint density at radius 1 is 1.18 bits per heavy atom. The van der Waals surface area contributed by atoms with Gasteiger partial charge < -0.3 is 4.90 Å². The quantitative estimate of drug-likeness (QED) is 0.624. The number of hydrogen-bond donors (Lipinski definition) is 0. The second kappa shape index (κ2) is 10.1. The van der Waals surface area contributed by atoms with E-state index in [9.17, 15) is 0 Å². The van der Waals surface area contributed by atoms with Gasteiger partial charge in [0, 0.05) is 12.1 Å². The highest BCUT2D eigenvalue weighted by molar-refractivity contribution is 5.81. The van der Waals surface area contributed by atoms with Gasteiger partial charge in [-0.1, -0.05) is 54.5 Å². The molecule has 1 aromatic carbocycles. The summed E-state index contributed by atoms with van der Waals surface area (Å²) in [5, 5.41) is 13.1. The standard InChI is InChI=1S/C23H33N5/c1-8-18(4)22(23-24-26-28(25-23)15-14-27(6)7)13-11-20(9-2)21-12-10-17(3)16-19(21)5/h9-13,16H,8,14-15H2,1-7H3/b13-11-,20-9+,22-18+. The molecule has 2 aromatic rings. The smallest absolute Gasteiger partial charge is 0.204 e. The van der Waals surface area contributed by atoms with Crippen LogP contribution in [0, 0.1) is 13.8 Å². The van der Waals surface area contributed by atoms with Gasteiger partial charge in [-0.15, -0.1) is 10.2 Å². The predicted octanol–water partition coefficient (Wildman–Crippen LogP) is 4.69. The van der Waals surface area contributed by atoms with Gasteiger partial charge in [-0.2, -0.15) is 4.80 Å². The molecule has 0 aliphatic heterocycles. The van der Waals surface area contributed by atoms with Gasteiger partial charge in [-0.3, -0.25) is 0 Å². The molecule has 0 atom stereocenters. The van der Waals surface area contributed by atoms with E-state index in [4.69, 9.17) is 0 Å². The lowest BCUT2D eigenvalue weighted by Gasteiger charge is -2.09. The lowest BCUT2D eigenvalue weighted by molar-refractivity contribution is 0.355. The largest absolute Gasteiger partial charge is 0.307 e. The summed E-state index contributed by atoms with van der Waals surface area (Å²) in [4.78, 5) is 3.78. The molecule has 0 unspecified atom stereocenters. The minimum atomic E-state index is 0.686. The van der Waals surface area contributed by atoms with Crippen molar-refractivity contribution in [2.75, 3.05) is 20.6 Å². The topological polar surface area (TPSA) is 46.8 Å². The Bertz CT molecular complexity index is 884. The van der Waals surface area contributed by atoms with Crippen molar-refractivity contribution in [3.05, 3.63) is 64.5 Å². The van der Waals surface area contributed by atoms with Crippen molar-refractivity contribution < 1.29 is 0 Å². The van der Waals surface area contributed by atoms with Gasteiger partial charge in [0.15, 0.2) is 0 Å². The summed E-state index contributed by atoms with van der Waals surface area (Å²) < 4.78 is 0. The van der Waals surface area contributed by atoms with Crippen LogP contribution in [0.5, 0.6) is 0 Å². The number of nitrogens with zero attached hydrogens (tertiary/aromatic N) is 5. The van der Waals surface area contributed by atoms with Crippen LogP contribution in [-0.4, -0.2) is 45.7 Å². The molecule has 5 nitrogen and oxygen atoms in total. The van der Waals surface area contributed by atoms with Gasteiger partial charge >= 0.3 is 0 Å². The minimum absolute atomic E-state index is 0.686. The number of hydrogen-bond acceptors (Lipinski definition) is 4. The summed E-state index contributed by atoms with van der Waals surface area (Å²) in [7, 11) is 4.08. The molecule has 150 valence electrons. The Morgan fingerprint density at radius 3 is 2.54 bits per heavy atom. The van der Waals surface area contributed by atoms with E-state index in [1.165, 1.54) is 27.8 Å². The Morgan fingerprint density at radius 2 is 1.93 bits per heavy atom. The summed E-state index contributed by atoms with van der Waals surface area (Å²) in [6, 6.07) is 6.57. The highest BCUT2D eigenvalue weighted by Crippen LogP contribution is 2.24. The lowest BCUT2D eigenvalue weighted by atomic mass is 9.97. The fourth-order valence-electron chi connectivity index (χ4n) is 2.99. The molecule has 0 fully saturated rings. The first kappa shape index (κ1) is 21.8. The number of aryl methyl sites for hydroxylation is 2. The highest BCUT2D eigenvalue weighted by Gasteiger charge is 2.10. The zero-order chi connectivity index (χ0) is 20.7. The Kier molecular flexibility index (Phi) is 7.88. The number of allylic oxidation sites excluding steroid dienone is 6. The molecule has 0 amide bonds. The fraction of sp³-hybridized carbons (Fsp3) is 0.435. The van der Waals surface area contributed by atoms with E-state index in [1.54, 1.807) is 4.80 Å². The molecule has 0 saturated heterocycles. The highest BCUT2D eigenvalue weighted by atomic mass is 15.6. The normalized spacial score (nSPS) is 13.5. The van der Waals surface area contributed by atoms with Crippen LogP contribution in [0.1, 0.15) is 49.7 Å². The SMILES string of the molecule is C\C=C(/C=C\C(=C(\C)CC)c1nnn(CCN(C)C)n1)c1ccc(C)cc1C. The number of rotatable bonds is 8. The molecule has 0 N–H and O–H groups in total. The summed E-state index contributed by atoms with van der Waals surface area (Å²) in [6.45, 7) is 12.2. The second-order valence-electron chi connectivity index (χ2n) is 7.46. The van der Waals surface area contributed by atoms with Crippen molar-refractivity contribution in [3.63, 3.8) is 0 Å². The second-order valence-corrected chi connectivity index (χ2v) is 7.46. The third kappa shape index (κ3) is 5.73. The van der Waals surface area contributed by atoms with Crippen molar-refractivity contribution in [1.29, 1.82) is 0 Å². The Balaban J connectivity index is 2.32. The van der Waals surface area contributed by atoms with Crippen molar-refractivity contribution in [2.24, 2.45) is 0 Å². The maximum Gasteiger partial charge on any atom is 0.204 e. The monoisotopic (exact) mass is 379 g/mol. The van der Waals surface area contributed by atoms with Crippen molar-refractivity contribution in [2.45, 2.75) is 47.6 Å². The van der Waals surface area contributed by atoms with Crippen molar-refractivity contribution in [1.82, 2.24) is 25.1 Å². The molecule has 0 aliphatic carbocycles. The van der Waals surface area contributed by atoms with Crippen LogP contribution in [0.25, 0.3) is 11.1 Å². The van der Waals surface area contributed by atoms with Crippen LogP contribution in [-0.2, 0) is 6.54 Å². The minimum Gasteiger partial charge on any atom is -0.307 e. The van der Waals surface area contributed by atoms with E-state index < -0.39 is 0 Å². The fourth-order valence-corrected chi connectivity index (χ4v) is 2.99. The average molecular weight is 380 g/mol. The molecule has 5 heteroatoms. The summed E-state index contributed by atoms with van der Waals surface area (Å²) >= 11 is 0. The predicted molar refractivity (Wildman–Crippen MR) is 118 cm³/mol. The summed E-state index contributed by atoms with van der Waals surface area (Å²) in [5.74, 6) is 0.686. The maximum atomic E-state index is 4.60. The van der Waals surface area contributed by atoms with Crippen LogP contribution < -0.4 is 0 Å². The molecule has 2 rings (SSSR count). The van der Waals surface area contributed by atoms with Gasteiger partial charge in [-0.05, 0) is 70.1 Å². The van der Waals surface area contributed by atoms with Crippen molar-refractivity contribution in [3.8, 4) is 0 Å². The first-order chi connectivity index (χ1) is 13.3. The van der Waals surface area contributed by atoms with Gasteiger partial charge in [0.1, 0.15) is 0 Å². The lowest BCUT2D eigenvalue weighted by Crippen LogP contribution is -2.19.